The van der Waals surface area contributed by atoms with E-state index in [1.54, 1.807) is 19.9 Å². The zero-order chi connectivity index (χ0) is 24.0. The zero-order valence-corrected chi connectivity index (χ0v) is 20.2. The number of carbonyl (C=O) groups is 2. The lowest BCUT2D eigenvalue weighted by atomic mass is 9.85. The molecule has 1 saturated carbocycles. The van der Waals surface area contributed by atoms with Crippen LogP contribution in [-0.2, 0) is 20.7 Å². The number of ether oxygens (including phenoxy) is 1. The predicted molar refractivity (Wildman–Crippen MR) is 129 cm³/mol. The maximum absolute atomic E-state index is 13.1. The van der Waals surface area contributed by atoms with E-state index in [4.69, 9.17) is 16.3 Å². The minimum absolute atomic E-state index is 0.0928. The highest BCUT2D eigenvalue weighted by atomic mass is 35.5. The SMILES string of the molecule is C[C@H](NC(=O)C(C)(C)OC(=O)C1CCCC1)[C@@H](Cc1ccc(Cl)cc1)c1cccc(C#N)c1. The topological polar surface area (TPSA) is 79.2 Å². The van der Waals surface area contributed by atoms with Crippen molar-refractivity contribution in [2.75, 3.05) is 0 Å². The monoisotopic (exact) mass is 466 g/mol. The van der Waals surface area contributed by atoms with Crippen LogP contribution in [-0.4, -0.2) is 23.5 Å². The molecule has 6 heteroatoms. The van der Waals surface area contributed by atoms with Crippen molar-refractivity contribution in [3.63, 3.8) is 0 Å². The molecular weight excluding hydrogens is 436 g/mol. The summed E-state index contributed by atoms with van der Waals surface area (Å²) in [6.45, 7) is 5.20. The number of amides is 1. The van der Waals surface area contributed by atoms with Gasteiger partial charge < -0.3 is 10.1 Å². The third kappa shape index (κ3) is 6.58. The molecule has 2 aromatic carbocycles. The third-order valence-corrected chi connectivity index (χ3v) is 6.62. The number of nitriles is 1. The largest absolute Gasteiger partial charge is 0.449 e. The first-order chi connectivity index (χ1) is 15.7. The van der Waals surface area contributed by atoms with Crippen molar-refractivity contribution in [2.45, 2.75) is 70.4 Å². The molecule has 0 heterocycles. The Hall–Kier alpha value is -2.84. The molecule has 1 aliphatic carbocycles. The Kier molecular flexibility index (Phi) is 8.15. The lowest BCUT2D eigenvalue weighted by molar-refractivity contribution is -0.169. The Morgan fingerprint density at radius 1 is 1.18 bits per heavy atom. The lowest BCUT2D eigenvalue weighted by Crippen LogP contribution is -2.50. The first-order valence-electron chi connectivity index (χ1n) is 11.5. The second-order valence-corrected chi connectivity index (χ2v) is 9.79. The summed E-state index contributed by atoms with van der Waals surface area (Å²) in [4.78, 5) is 25.6. The molecule has 0 aliphatic heterocycles. The Morgan fingerprint density at radius 3 is 2.48 bits per heavy atom. The maximum atomic E-state index is 13.1. The number of hydrogen-bond acceptors (Lipinski definition) is 4. The summed E-state index contributed by atoms with van der Waals surface area (Å²) in [5, 5.41) is 13.1. The molecule has 0 radical (unpaired) electrons. The number of halogens is 1. The van der Waals surface area contributed by atoms with Gasteiger partial charge >= 0.3 is 5.97 Å². The molecule has 0 spiro atoms. The van der Waals surface area contributed by atoms with Gasteiger partial charge in [-0.05, 0) is 75.4 Å². The molecule has 0 saturated heterocycles. The van der Waals surface area contributed by atoms with Gasteiger partial charge in [-0.1, -0.05) is 48.7 Å². The lowest BCUT2D eigenvalue weighted by Gasteiger charge is -2.31. The predicted octanol–water partition coefficient (Wildman–Crippen LogP) is 5.55. The van der Waals surface area contributed by atoms with E-state index >= 15 is 0 Å². The summed E-state index contributed by atoms with van der Waals surface area (Å²) >= 11 is 6.04. The average molecular weight is 467 g/mol. The standard InChI is InChI=1S/C27H31ClN2O3/c1-18(30-26(32)27(2,3)33-25(31)21-8-4-5-9-21)24(16-19-11-13-23(28)14-12-19)22-10-6-7-20(15-22)17-29/h6-7,10-15,18,21,24H,4-5,8-9,16H2,1-3H3,(H,30,32)/t18-,24+/m0/s1. The fraction of sp³-hybridized carbons (Fsp3) is 0.444. The number of hydrogen-bond donors (Lipinski definition) is 1. The van der Waals surface area contributed by atoms with Gasteiger partial charge in [-0.2, -0.15) is 5.26 Å². The van der Waals surface area contributed by atoms with E-state index in [0.29, 0.717) is 17.0 Å². The van der Waals surface area contributed by atoms with Gasteiger partial charge in [0.05, 0.1) is 17.6 Å². The minimum Gasteiger partial charge on any atom is -0.449 e. The second kappa shape index (κ2) is 10.9. The summed E-state index contributed by atoms with van der Waals surface area (Å²) in [7, 11) is 0. The van der Waals surface area contributed by atoms with Crippen LogP contribution in [0.2, 0.25) is 5.02 Å². The number of rotatable bonds is 8. The Bertz CT molecular complexity index is 1020. The van der Waals surface area contributed by atoms with Crippen molar-refractivity contribution in [3.8, 4) is 6.07 Å². The number of benzene rings is 2. The molecule has 33 heavy (non-hydrogen) atoms. The van der Waals surface area contributed by atoms with E-state index in [9.17, 15) is 14.9 Å². The molecule has 3 rings (SSSR count). The van der Waals surface area contributed by atoms with E-state index in [1.807, 2.05) is 49.4 Å². The molecule has 1 fully saturated rings. The van der Waals surface area contributed by atoms with Crippen LogP contribution in [0.5, 0.6) is 0 Å². The zero-order valence-electron chi connectivity index (χ0n) is 19.4. The molecule has 0 bridgehead atoms. The number of nitrogens with one attached hydrogen (secondary N) is 1. The molecule has 1 aliphatic rings. The first kappa shape index (κ1) is 24.8. The van der Waals surface area contributed by atoms with E-state index in [2.05, 4.69) is 11.4 Å². The van der Waals surface area contributed by atoms with Crippen molar-refractivity contribution in [3.05, 3.63) is 70.2 Å². The van der Waals surface area contributed by atoms with Crippen molar-refractivity contribution in [1.29, 1.82) is 5.26 Å². The quantitative estimate of drug-likeness (QED) is 0.517. The van der Waals surface area contributed by atoms with E-state index < -0.39 is 5.60 Å². The highest BCUT2D eigenvalue weighted by Crippen LogP contribution is 2.29. The smallest absolute Gasteiger partial charge is 0.309 e. The van der Waals surface area contributed by atoms with E-state index in [1.165, 1.54) is 0 Å². The van der Waals surface area contributed by atoms with Gasteiger partial charge in [-0.15, -0.1) is 0 Å². The van der Waals surface area contributed by atoms with Gasteiger partial charge in [-0.3, -0.25) is 9.59 Å². The molecule has 0 unspecified atom stereocenters. The van der Waals surface area contributed by atoms with Gasteiger partial charge in [0, 0.05) is 17.0 Å². The van der Waals surface area contributed by atoms with Crippen LogP contribution in [0.15, 0.2) is 48.5 Å². The first-order valence-corrected chi connectivity index (χ1v) is 11.9. The molecule has 1 N–H and O–H groups in total. The normalized spacial score (nSPS) is 16.0. The van der Waals surface area contributed by atoms with Crippen LogP contribution in [0.25, 0.3) is 0 Å². The van der Waals surface area contributed by atoms with Crippen molar-refractivity contribution < 1.29 is 14.3 Å². The van der Waals surface area contributed by atoms with Crippen LogP contribution >= 0.6 is 11.6 Å². The molecule has 2 atom stereocenters. The Balaban J connectivity index is 1.77. The highest BCUT2D eigenvalue weighted by molar-refractivity contribution is 6.30. The molecule has 174 valence electrons. The van der Waals surface area contributed by atoms with Crippen LogP contribution in [0.1, 0.15) is 69.1 Å². The molecule has 5 nitrogen and oxygen atoms in total. The summed E-state index contributed by atoms with van der Waals surface area (Å²) in [6.07, 6.45) is 4.35. The van der Waals surface area contributed by atoms with Gasteiger partial charge in [0.1, 0.15) is 0 Å². The maximum Gasteiger partial charge on any atom is 0.309 e. The van der Waals surface area contributed by atoms with Gasteiger partial charge in [0.15, 0.2) is 5.60 Å². The fourth-order valence-corrected chi connectivity index (χ4v) is 4.45. The number of esters is 1. The molecule has 1 amide bonds. The van der Waals surface area contributed by atoms with Gasteiger partial charge in [0.2, 0.25) is 0 Å². The molecule has 0 aromatic heterocycles. The van der Waals surface area contributed by atoms with Crippen molar-refractivity contribution in [1.82, 2.24) is 5.32 Å². The third-order valence-electron chi connectivity index (χ3n) is 6.37. The summed E-state index contributed by atoms with van der Waals surface area (Å²) in [5.74, 6) is -0.829. The highest BCUT2D eigenvalue weighted by Gasteiger charge is 2.37. The van der Waals surface area contributed by atoms with Crippen LogP contribution in [0, 0.1) is 17.2 Å². The number of nitrogens with zero attached hydrogens (tertiary/aromatic N) is 1. The van der Waals surface area contributed by atoms with Crippen molar-refractivity contribution in [2.24, 2.45) is 5.92 Å². The summed E-state index contributed by atoms with van der Waals surface area (Å²) in [6, 6.07) is 17.0. The van der Waals surface area contributed by atoms with Gasteiger partial charge in [-0.25, -0.2) is 0 Å². The van der Waals surface area contributed by atoms with E-state index in [-0.39, 0.29) is 29.8 Å². The van der Waals surface area contributed by atoms with Crippen molar-refractivity contribution >= 4 is 23.5 Å². The van der Waals surface area contributed by atoms with E-state index in [0.717, 1.165) is 36.8 Å². The van der Waals surface area contributed by atoms with Crippen LogP contribution in [0.4, 0.5) is 0 Å². The molecule has 2 aromatic rings. The summed E-state index contributed by atoms with van der Waals surface area (Å²) in [5.41, 5.74) is 1.32. The van der Waals surface area contributed by atoms with Crippen LogP contribution in [0.3, 0.4) is 0 Å². The second-order valence-electron chi connectivity index (χ2n) is 9.35. The number of carbonyl (C=O) groups excluding carboxylic acids is 2. The Labute approximate surface area is 201 Å². The van der Waals surface area contributed by atoms with Gasteiger partial charge in [0.25, 0.3) is 5.91 Å². The summed E-state index contributed by atoms with van der Waals surface area (Å²) < 4.78 is 5.63. The fourth-order valence-electron chi connectivity index (χ4n) is 4.32. The molecular formula is C27H31ClN2O3. The van der Waals surface area contributed by atoms with Crippen LogP contribution < -0.4 is 5.32 Å². The average Bonchev–Trinajstić information content (AvgIpc) is 3.33. The Morgan fingerprint density at radius 2 is 1.85 bits per heavy atom. The minimum atomic E-state index is -1.27.